The Kier molecular flexibility index (Phi) is 8.16. The summed E-state index contributed by atoms with van der Waals surface area (Å²) >= 11 is 0. The summed E-state index contributed by atoms with van der Waals surface area (Å²) in [6.45, 7) is 1.04. The number of fused-ring (bicyclic) bond motifs is 1. The normalized spacial score (nSPS) is 13.2. The minimum Gasteiger partial charge on any atom is -0.457 e. The van der Waals surface area contributed by atoms with Crippen molar-refractivity contribution in [3.63, 3.8) is 0 Å². The summed E-state index contributed by atoms with van der Waals surface area (Å²) < 4.78 is 5.43. The maximum absolute atomic E-state index is 12.8. The second-order valence-corrected chi connectivity index (χ2v) is 9.26. The molecule has 0 saturated heterocycles. The lowest BCUT2D eigenvalue weighted by Crippen LogP contribution is -2.34. The van der Waals surface area contributed by atoms with E-state index in [4.69, 9.17) is 4.74 Å². The van der Waals surface area contributed by atoms with E-state index in [0.717, 1.165) is 42.6 Å². The largest absolute Gasteiger partial charge is 0.457 e. The number of hydrogen-bond donors (Lipinski definition) is 2. The second-order valence-electron chi connectivity index (χ2n) is 9.26. The molecule has 0 radical (unpaired) electrons. The molecule has 1 unspecified atom stereocenters. The Hall–Kier alpha value is -3.64. The van der Waals surface area contributed by atoms with E-state index < -0.39 is 0 Å². The van der Waals surface area contributed by atoms with Gasteiger partial charge in [-0.15, -0.1) is 0 Å². The number of aryl methyl sites for hydroxylation is 2. The molecule has 0 aliphatic heterocycles. The van der Waals surface area contributed by atoms with Crippen LogP contribution in [-0.2, 0) is 24.2 Å². The summed E-state index contributed by atoms with van der Waals surface area (Å²) in [6.07, 6.45) is 4.10. The molecule has 0 bridgehead atoms. The third kappa shape index (κ3) is 6.93. The highest BCUT2D eigenvalue weighted by Crippen LogP contribution is 2.25. The Bertz CT molecular complexity index is 1140. The zero-order valence-corrected chi connectivity index (χ0v) is 20.4. The van der Waals surface area contributed by atoms with E-state index in [1.54, 1.807) is 12.1 Å². The van der Waals surface area contributed by atoms with E-state index in [9.17, 15) is 9.59 Å². The Balaban J connectivity index is 1.39. The molecule has 3 aromatic carbocycles. The van der Waals surface area contributed by atoms with Crippen LogP contribution < -0.4 is 10.6 Å². The van der Waals surface area contributed by atoms with Crippen LogP contribution in [0, 0.1) is 0 Å². The summed E-state index contributed by atoms with van der Waals surface area (Å²) in [6, 6.07) is 22.6. The number of nitrogens with zero attached hydrogens (tertiary/aromatic N) is 1. The molecule has 35 heavy (non-hydrogen) atoms. The highest BCUT2D eigenvalue weighted by Gasteiger charge is 2.17. The van der Waals surface area contributed by atoms with Crippen LogP contribution in [0.5, 0.6) is 0 Å². The maximum atomic E-state index is 12.8. The number of anilines is 1. The van der Waals surface area contributed by atoms with Gasteiger partial charge in [0, 0.05) is 5.69 Å². The second kappa shape index (κ2) is 11.7. The molecule has 3 aromatic rings. The molecule has 6 nitrogen and oxygen atoms in total. The predicted octanol–water partition coefficient (Wildman–Crippen LogP) is 5.35. The van der Waals surface area contributed by atoms with Crippen molar-refractivity contribution >= 4 is 17.7 Å². The van der Waals surface area contributed by atoms with Crippen LogP contribution >= 0.6 is 0 Å². The SMILES string of the molecule is CN(C)CCC(NC(=O)Nc1ccc2c(c1)CCC2)c1ccc(C(=O)OCc2ccccc2)cc1. The van der Waals surface area contributed by atoms with Crippen molar-refractivity contribution in [3.05, 3.63) is 101 Å². The van der Waals surface area contributed by atoms with Gasteiger partial charge in [0.2, 0.25) is 0 Å². The van der Waals surface area contributed by atoms with E-state index in [-0.39, 0.29) is 24.6 Å². The van der Waals surface area contributed by atoms with Crippen LogP contribution in [0.1, 0.15) is 51.5 Å². The number of benzene rings is 3. The standard InChI is InChI=1S/C29H33N3O3/c1-32(2)18-17-27(31-29(34)30-26-16-15-22-9-6-10-25(22)19-26)23-11-13-24(14-12-23)28(33)35-20-21-7-4-3-5-8-21/h3-5,7-8,11-16,19,27H,6,9-10,17-18,20H2,1-2H3,(H2,30,31,34). The maximum Gasteiger partial charge on any atom is 0.338 e. The van der Waals surface area contributed by atoms with E-state index in [1.165, 1.54) is 17.5 Å². The van der Waals surface area contributed by atoms with Crippen LogP contribution in [0.4, 0.5) is 10.5 Å². The molecule has 0 spiro atoms. The fraction of sp³-hybridized carbons (Fsp3) is 0.310. The molecular weight excluding hydrogens is 438 g/mol. The number of hydrogen-bond acceptors (Lipinski definition) is 4. The number of amides is 2. The van der Waals surface area contributed by atoms with Gasteiger partial charge in [-0.2, -0.15) is 0 Å². The number of nitrogens with one attached hydrogen (secondary N) is 2. The fourth-order valence-electron chi connectivity index (χ4n) is 4.34. The highest BCUT2D eigenvalue weighted by molar-refractivity contribution is 5.90. The first-order chi connectivity index (χ1) is 17.0. The minimum absolute atomic E-state index is 0.193. The number of ether oxygens (including phenoxy) is 1. The quantitative estimate of drug-likeness (QED) is 0.413. The number of carbonyl (C=O) groups is 2. The van der Waals surface area contributed by atoms with Gasteiger partial charge in [0.25, 0.3) is 0 Å². The van der Waals surface area contributed by atoms with Crippen molar-refractivity contribution in [1.82, 2.24) is 10.2 Å². The smallest absolute Gasteiger partial charge is 0.338 e. The summed E-state index contributed by atoms with van der Waals surface area (Å²) in [5.41, 5.74) is 5.88. The molecule has 2 N–H and O–H groups in total. The van der Waals surface area contributed by atoms with Crippen molar-refractivity contribution < 1.29 is 14.3 Å². The Labute approximate surface area is 207 Å². The minimum atomic E-state index is -0.368. The van der Waals surface area contributed by atoms with Gasteiger partial charge in [0.05, 0.1) is 11.6 Å². The fourth-order valence-corrected chi connectivity index (χ4v) is 4.34. The summed E-state index contributed by atoms with van der Waals surface area (Å²) in [4.78, 5) is 27.4. The topological polar surface area (TPSA) is 70.7 Å². The van der Waals surface area contributed by atoms with Gasteiger partial charge in [0.1, 0.15) is 6.61 Å². The van der Waals surface area contributed by atoms with E-state index in [1.807, 2.05) is 62.6 Å². The van der Waals surface area contributed by atoms with Crippen LogP contribution in [0.15, 0.2) is 72.8 Å². The molecule has 6 heteroatoms. The molecule has 0 aromatic heterocycles. The first-order valence-electron chi connectivity index (χ1n) is 12.1. The molecule has 0 heterocycles. The van der Waals surface area contributed by atoms with Crippen molar-refractivity contribution in [3.8, 4) is 0 Å². The lowest BCUT2D eigenvalue weighted by molar-refractivity contribution is 0.0472. The molecule has 2 amide bonds. The van der Waals surface area contributed by atoms with Gasteiger partial charge in [0.15, 0.2) is 0 Å². The first kappa shape index (κ1) is 24.5. The van der Waals surface area contributed by atoms with Gasteiger partial charge in [-0.1, -0.05) is 48.5 Å². The molecular formula is C29H33N3O3. The summed E-state index contributed by atoms with van der Waals surface area (Å²) in [5, 5.41) is 6.09. The molecule has 0 fully saturated rings. The molecule has 1 aliphatic carbocycles. The van der Waals surface area contributed by atoms with Crippen LogP contribution in [0.25, 0.3) is 0 Å². The van der Waals surface area contributed by atoms with Gasteiger partial charge < -0.3 is 20.3 Å². The van der Waals surface area contributed by atoms with Gasteiger partial charge in [-0.25, -0.2) is 9.59 Å². The van der Waals surface area contributed by atoms with Crippen molar-refractivity contribution in [1.29, 1.82) is 0 Å². The monoisotopic (exact) mass is 471 g/mol. The molecule has 4 rings (SSSR count). The summed E-state index contributed by atoms with van der Waals surface area (Å²) in [5.74, 6) is -0.368. The highest BCUT2D eigenvalue weighted by atomic mass is 16.5. The number of rotatable bonds is 9. The van der Waals surface area contributed by atoms with Crippen molar-refractivity contribution in [2.45, 2.75) is 38.3 Å². The van der Waals surface area contributed by atoms with E-state index in [2.05, 4.69) is 27.7 Å². The number of carbonyl (C=O) groups excluding carboxylic acids is 2. The average Bonchev–Trinajstić information content (AvgIpc) is 3.34. The Morgan fingerprint density at radius 1 is 0.943 bits per heavy atom. The molecule has 1 aliphatic rings. The van der Waals surface area contributed by atoms with Crippen LogP contribution in [-0.4, -0.2) is 37.5 Å². The Morgan fingerprint density at radius 3 is 2.43 bits per heavy atom. The first-order valence-corrected chi connectivity index (χ1v) is 12.1. The zero-order valence-electron chi connectivity index (χ0n) is 20.4. The third-order valence-corrected chi connectivity index (χ3v) is 6.29. The van der Waals surface area contributed by atoms with E-state index >= 15 is 0 Å². The van der Waals surface area contributed by atoms with Crippen molar-refractivity contribution in [2.24, 2.45) is 0 Å². The van der Waals surface area contributed by atoms with Crippen molar-refractivity contribution in [2.75, 3.05) is 26.0 Å². The molecule has 1 atom stereocenters. The van der Waals surface area contributed by atoms with Gasteiger partial charge in [-0.05, 0) is 92.8 Å². The predicted molar refractivity (Wildman–Crippen MR) is 139 cm³/mol. The third-order valence-electron chi connectivity index (χ3n) is 6.29. The Morgan fingerprint density at radius 2 is 1.69 bits per heavy atom. The summed E-state index contributed by atoms with van der Waals surface area (Å²) in [7, 11) is 4.01. The van der Waals surface area contributed by atoms with Crippen LogP contribution in [0.3, 0.4) is 0 Å². The molecule has 182 valence electrons. The average molecular weight is 472 g/mol. The lowest BCUT2D eigenvalue weighted by Gasteiger charge is -2.22. The van der Waals surface area contributed by atoms with E-state index in [0.29, 0.717) is 5.56 Å². The zero-order chi connectivity index (χ0) is 24.6. The molecule has 0 saturated carbocycles. The van der Waals surface area contributed by atoms with Gasteiger partial charge in [-0.3, -0.25) is 0 Å². The number of urea groups is 1. The lowest BCUT2D eigenvalue weighted by atomic mass is 10.0. The van der Waals surface area contributed by atoms with Gasteiger partial charge >= 0.3 is 12.0 Å². The number of esters is 1. The van der Waals surface area contributed by atoms with Crippen LogP contribution in [0.2, 0.25) is 0 Å².